The molecule has 0 radical (unpaired) electrons. The summed E-state index contributed by atoms with van der Waals surface area (Å²) in [6.45, 7) is 1.97. The fraction of sp³-hybridized carbons (Fsp3) is 0.133. The Hall–Kier alpha value is -2.21. The number of para-hydroxylation sites is 1. The Balaban J connectivity index is 2.18. The molecule has 1 heterocycles. The Morgan fingerprint density at radius 1 is 1.14 bits per heavy atom. The Kier molecular flexibility index (Phi) is 5.05. The molecule has 5 nitrogen and oxygen atoms in total. The van der Waals surface area contributed by atoms with Crippen molar-refractivity contribution >= 4 is 33.5 Å². The van der Waals surface area contributed by atoms with Crippen LogP contribution in [0.5, 0.6) is 0 Å². The van der Waals surface area contributed by atoms with E-state index in [0.29, 0.717) is 5.69 Å². The van der Waals surface area contributed by atoms with Gasteiger partial charge in [-0.25, -0.2) is 9.78 Å². The molecular formula is C15H13BrN2O3. The molecule has 6 heteroatoms. The minimum absolute atomic E-state index is 0.108. The predicted octanol–water partition coefficient (Wildman–Crippen LogP) is 3.27. The van der Waals surface area contributed by atoms with Gasteiger partial charge in [0.25, 0.3) is 5.91 Å². The molecule has 0 atom stereocenters. The van der Waals surface area contributed by atoms with E-state index >= 15 is 0 Å². The average Bonchev–Trinajstić information content (AvgIpc) is 2.50. The molecule has 1 aromatic heterocycles. The number of hydrogen-bond acceptors (Lipinski definition) is 4. The summed E-state index contributed by atoms with van der Waals surface area (Å²) in [6, 6.07) is 11.9. The minimum atomic E-state index is -0.548. The number of pyridine rings is 1. The monoisotopic (exact) mass is 348 g/mol. The van der Waals surface area contributed by atoms with Crippen LogP contribution in [0, 0.1) is 0 Å². The fourth-order valence-corrected chi connectivity index (χ4v) is 2.01. The maximum absolute atomic E-state index is 12.2. The van der Waals surface area contributed by atoms with Crippen LogP contribution in [0.15, 0.2) is 46.9 Å². The van der Waals surface area contributed by atoms with Gasteiger partial charge in [0.2, 0.25) is 0 Å². The second kappa shape index (κ2) is 6.99. The van der Waals surface area contributed by atoms with Gasteiger partial charge in [0.05, 0.1) is 12.3 Å². The molecule has 1 N–H and O–H groups in total. The van der Waals surface area contributed by atoms with Crippen molar-refractivity contribution in [2.24, 2.45) is 0 Å². The number of halogens is 1. The predicted molar refractivity (Wildman–Crippen MR) is 82.3 cm³/mol. The number of esters is 1. The van der Waals surface area contributed by atoms with E-state index in [4.69, 9.17) is 4.74 Å². The molecule has 21 heavy (non-hydrogen) atoms. The molecule has 0 fully saturated rings. The van der Waals surface area contributed by atoms with Gasteiger partial charge in [-0.3, -0.25) is 4.79 Å². The van der Waals surface area contributed by atoms with Crippen molar-refractivity contribution in [1.82, 2.24) is 4.98 Å². The van der Waals surface area contributed by atoms with E-state index in [-0.39, 0.29) is 18.0 Å². The third-order valence-corrected chi connectivity index (χ3v) is 3.28. The molecule has 0 saturated heterocycles. The SMILES string of the molecule is CCOC(=O)c1cccc(C(=O)Nc2ccccc2Br)n1. The van der Waals surface area contributed by atoms with Gasteiger partial charge in [0, 0.05) is 4.47 Å². The second-order valence-corrected chi connectivity index (χ2v) is 4.92. The maximum atomic E-state index is 12.2. The minimum Gasteiger partial charge on any atom is -0.461 e. The van der Waals surface area contributed by atoms with E-state index in [0.717, 1.165) is 4.47 Å². The molecule has 0 aliphatic rings. The molecule has 0 bridgehead atoms. The molecule has 0 unspecified atom stereocenters. The summed E-state index contributed by atoms with van der Waals surface area (Å²) in [5, 5.41) is 2.72. The van der Waals surface area contributed by atoms with E-state index < -0.39 is 11.9 Å². The van der Waals surface area contributed by atoms with Crippen LogP contribution in [0.1, 0.15) is 27.9 Å². The summed E-state index contributed by atoms with van der Waals surface area (Å²) in [7, 11) is 0. The summed E-state index contributed by atoms with van der Waals surface area (Å²) < 4.78 is 5.62. The lowest BCUT2D eigenvalue weighted by atomic mass is 10.2. The molecule has 2 rings (SSSR count). The summed E-state index contributed by atoms with van der Waals surface area (Å²) >= 11 is 3.35. The molecule has 0 aliphatic heterocycles. The maximum Gasteiger partial charge on any atom is 0.356 e. The van der Waals surface area contributed by atoms with Crippen LogP contribution < -0.4 is 5.32 Å². The number of hydrogen-bond donors (Lipinski definition) is 1. The van der Waals surface area contributed by atoms with Crippen LogP contribution in [-0.2, 0) is 4.74 Å². The number of anilines is 1. The van der Waals surface area contributed by atoms with Crippen molar-refractivity contribution in [3.8, 4) is 0 Å². The molecule has 0 spiro atoms. The molecule has 108 valence electrons. The first-order valence-corrected chi connectivity index (χ1v) is 7.11. The lowest BCUT2D eigenvalue weighted by Gasteiger charge is -2.07. The molecule has 2 aromatic rings. The van der Waals surface area contributed by atoms with Crippen LogP contribution >= 0.6 is 15.9 Å². The summed E-state index contributed by atoms with van der Waals surface area (Å²) in [6.07, 6.45) is 0. The largest absolute Gasteiger partial charge is 0.461 e. The Morgan fingerprint density at radius 2 is 1.86 bits per heavy atom. The number of nitrogens with zero attached hydrogens (tertiary/aromatic N) is 1. The van der Waals surface area contributed by atoms with Crippen LogP contribution in [0.25, 0.3) is 0 Å². The third kappa shape index (κ3) is 3.88. The van der Waals surface area contributed by atoms with Crippen molar-refractivity contribution in [3.05, 3.63) is 58.3 Å². The Bertz CT molecular complexity index is 673. The fourth-order valence-electron chi connectivity index (χ4n) is 1.63. The number of nitrogens with one attached hydrogen (secondary N) is 1. The van der Waals surface area contributed by atoms with Gasteiger partial charge in [0.15, 0.2) is 0 Å². The first-order valence-electron chi connectivity index (χ1n) is 6.32. The number of carbonyl (C=O) groups is 2. The summed E-state index contributed by atoms with van der Waals surface area (Å²) in [5.74, 6) is -0.943. The first-order chi connectivity index (χ1) is 10.1. The molecule has 0 aliphatic carbocycles. The highest BCUT2D eigenvalue weighted by atomic mass is 79.9. The zero-order chi connectivity index (χ0) is 15.2. The molecular weight excluding hydrogens is 336 g/mol. The van der Waals surface area contributed by atoms with Crippen molar-refractivity contribution in [2.45, 2.75) is 6.92 Å². The molecule has 0 saturated carbocycles. The average molecular weight is 349 g/mol. The highest BCUT2D eigenvalue weighted by Crippen LogP contribution is 2.21. The van der Waals surface area contributed by atoms with E-state index in [9.17, 15) is 9.59 Å². The summed E-state index contributed by atoms with van der Waals surface area (Å²) in [4.78, 5) is 27.8. The lowest BCUT2D eigenvalue weighted by Crippen LogP contribution is -2.16. The van der Waals surface area contributed by atoms with Crippen LogP contribution in [-0.4, -0.2) is 23.5 Å². The number of benzene rings is 1. The zero-order valence-corrected chi connectivity index (χ0v) is 12.9. The van der Waals surface area contributed by atoms with Crippen LogP contribution in [0.2, 0.25) is 0 Å². The van der Waals surface area contributed by atoms with Gasteiger partial charge < -0.3 is 10.1 Å². The number of carbonyl (C=O) groups excluding carboxylic acids is 2. The van der Waals surface area contributed by atoms with Crippen LogP contribution in [0.4, 0.5) is 5.69 Å². The number of aromatic nitrogens is 1. The van der Waals surface area contributed by atoms with Gasteiger partial charge >= 0.3 is 5.97 Å². The van der Waals surface area contributed by atoms with Crippen molar-refractivity contribution in [2.75, 3.05) is 11.9 Å². The number of ether oxygens (including phenoxy) is 1. The quantitative estimate of drug-likeness (QED) is 0.861. The topological polar surface area (TPSA) is 68.3 Å². The van der Waals surface area contributed by atoms with Gasteiger partial charge in [-0.1, -0.05) is 18.2 Å². The second-order valence-electron chi connectivity index (χ2n) is 4.06. The Morgan fingerprint density at radius 3 is 2.57 bits per heavy atom. The smallest absolute Gasteiger partial charge is 0.356 e. The van der Waals surface area contributed by atoms with E-state index in [1.807, 2.05) is 18.2 Å². The molecule has 1 amide bonds. The van der Waals surface area contributed by atoms with Gasteiger partial charge in [-0.15, -0.1) is 0 Å². The van der Waals surface area contributed by atoms with Crippen molar-refractivity contribution < 1.29 is 14.3 Å². The van der Waals surface area contributed by atoms with E-state index in [2.05, 4.69) is 26.2 Å². The summed E-state index contributed by atoms with van der Waals surface area (Å²) in [5.41, 5.74) is 0.888. The highest BCUT2D eigenvalue weighted by molar-refractivity contribution is 9.10. The van der Waals surface area contributed by atoms with Crippen molar-refractivity contribution in [1.29, 1.82) is 0 Å². The van der Waals surface area contributed by atoms with Gasteiger partial charge in [-0.05, 0) is 47.1 Å². The lowest BCUT2D eigenvalue weighted by molar-refractivity contribution is 0.0519. The van der Waals surface area contributed by atoms with Crippen LogP contribution in [0.3, 0.4) is 0 Å². The standard InChI is InChI=1S/C15H13BrN2O3/c1-2-21-15(20)13-9-5-8-12(17-13)14(19)18-11-7-4-3-6-10(11)16/h3-9H,2H2,1H3,(H,18,19). The third-order valence-electron chi connectivity index (χ3n) is 2.59. The van der Waals surface area contributed by atoms with E-state index in [1.165, 1.54) is 12.1 Å². The normalized spacial score (nSPS) is 10.0. The zero-order valence-electron chi connectivity index (χ0n) is 11.3. The first kappa shape index (κ1) is 15.2. The van der Waals surface area contributed by atoms with Gasteiger partial charge in [-0.2, -0.15) is 0 Å². The van der Waals surface area contributed by atoms with E-state index in [1.54, 1.807) is 19.1 Å². The Labute approximate surface area is 130 Å². The van der Waals surface area contributed by atoms with Gasteiger partial charge in [0.1, 0.15) is 11.4 Å². The van der Waals surface area contributed by atoms with Crippen molar-refractivity contribution in [3.63, 3.8) is 0 Å². The number of amides is 1. The molecule has 1 aromatic carbocycles. The highest BCUT2D eigenvalue weighted by Gasteiger charge is 2.13. The number of rotatable bonds is 4.